The normalized spacial score (nSPS) is 16.3. The third-order valence-corrected chi connectivity index (χ3v) is 5.74. The van der Waals surface area contributed by atoms with E-state index in [1.807, 2.05) is 24.3 Å². The number of rotatable bonds is 4. The van der Waals surface area contributed by atoms with Gasteiger partial charge >= 0.3 is 0 Å². The first-order chi connectivity index (χ1) is 14.4. The summed E-state index contributed by atoms with van der Waals surface area (Å²) < 4.78 is 6.63. The standard InChI is InChI=1S/C20H11BrClN3O4S/c21-12-2-1-3-13(9-12)23-20-24-19(26)18(30-20)10-14-5-7-17(29-14)11-4-6-15(22)16(8-11)25(27)28/h1-10H,(H,23,24,26). The molecule has 2 heterocycles. The van der Waals surface area contributed by atoms with E-state index in [1.165, 1.54) is 23.9 Å². The van der Waals surface area contributed by atoms with Gasteiger partial charge in [-0.2, -0.15) is 0 Å². The number of nitro benzene ring substituents is 1. The smallest absolute Gasteiger partial charge is 0.288 e. The lowest BCUT2D eigenvalue weighted by Crippen LogP contribution is -2.19. The van der Waals surface area contributed by atoms with Crippen molar-refractivity contribution in [2.24, 2.45) is 4.99 Å². The van der Waals surface area contributed by atoms with Gasteiger partial charge in [-0.1, -0.05) is 33.6 Å². The Balaban J connectivity index is 1.56. The molecule has 4 rings (SSSR count). The van der Waals surface area contributed by atoms with Crippen molar-refractivity contribution >= 4 is 67.8 Å². The Labute approximate surface area is 188 Å². The van der Waals surface area contributed by atoms with E-state index in [-0.39, 0.29) is 16.6 Å². The van der Waals surface area contributed by atoms with Crippen LogP contribution in [0.25, 0.3) is 17.4 Å². The van der Waals surface area contributed by atoms with Gasteiger partial charge in [-0.05, 0) is 54.2 Å². The predicted molar refractivity (Wildman–Crippen MR) is 121 cm³/mol. The van der Waals surface area contributed by atoms with Crippen LogP contribution in [0.2, 0.25) is 5.02 Å². The van der Waals surface area contributed by atoms with Crippen LogP contribution >= 0.6 is 39.3 Å². The van der Waals surface area contributed by atoms with Gasteiger partial charge in [0.25, 0.3) is 11.6 Å². The van der Waals surface area contributed by atoms with Crippen LogP contribution in [-0.4, -0.2) is 16.0 Å². The van der Waals surface area contributed by atoms with Gasteiger partial charge in [0.2, 0.25) is 0 Å². The van der Waals surface area contributed by atoms with Gasteiger partial charge in [0.15, 0.2) is 5.17 Å². The van der Waals surface area contributed by atoms with Crippen LogP contribution in [-0.2, 0) is 4.79 Å². The number of carbonyl (C=O) groups is 1. The zero-order valence-electron chi connectivity index (χ0n) is 15.0. The van der Waals surface area contributed by atoms with Gasteiger partial charge in [0.05, 0.1) is 15.5 Å². The fraction of sp³-hybridized carbons (Fsp3) is 0. The van der Waals surface area contributed by atoms with E-state index in [0.29, 0.717) is 32.8 Å². The lowest BCUT2D eigenvalue weighted by atomic mass is 10.1. The van der Waals surface area contributed by atoms with Gasteiger partial charge < -0.3 is 9.73 Å². The van der Waals surface area contributed by atoms with Crippen molar-refractivity contribution in [1.29, 1.82) is 0 Å². The van der Waals surface area contributed by atoms with Crippen LogP contribution in [0.3, 0.4) is 0 Å². The second-order valence-corrected chi connectivity index (χ2v) is 8.44. The highest BCUT2D eigenvalue weighted by atomic mass is 79.9. The molecule has 0 spiro atoms. The fourth-order valence-corrected chi connectivity index (χ4v) is 4.06. The molecule has 0 unspecified atom stereocenters. The number of nitrogens with one attached hydrogen (secondary N) is 1. The molecule has 0 radical (unpaired) electrons. The first-order valence-corrected chi connectivity index (χ1v) is 10.5. The number of benzene rings is 2. The molecule has 0 aliphatic carbocycles. The molecule has 1 saturated heterocycles. The first kappa shape index (κ1) is 20.4. The van der Waals surface area contributed by atoms with Crippen molar-refractivity contribution in [2.75, 3.05) is 0 Å². The topological polar surface area (TPSA) is 97.7 Å². The summed E-state index contributed by atoms with van der Waals surface area (Å²) in [6.07, 6.45) is 1.59. The maximum absolute atomic E-state index is 12.3. The molecule has 1 aliphatic heterocycles. The summed E-state index contributed by atoms with van der Waals surface area (Å²) in [5.41, 5.74) is 1.01. The molecule has 2 aromatic carbocycles. The second kappa shape index (κ2) is 8.47. The van der Waals surface area contributed by atoms with E-state index in [9.17, 15) is 14.9 Å². The summed E-state index contributed by atoms with van der Waals surface area (Å²) in [4.78, 5) is 27.6. The number of furan rings is 1. The molecule has 1 aliphatic rings. The molecular weight excluding hydrogens is 494 g/mol. The van der Waals surface area contributed by atoms with E-state index in [2.05, 4.69) is 26.2 Å². The number of aliphatic imine (C=N–C) groups is 1. The SMILES string of the molecule is O=C1NC(=Nc2cccc(Br)c2)SC1=Cc1ccc(-c2ccc(Cl)c([N+](=O)[O-])c2)o1. The minimum atomic E-state index is -0.552. The van der Waals surface area contributed by atoms with E-state index >= 15 is 0 Å². The lowest BCUT2D eigenvalue weighted by Gasteiger charge is -1.99. The minimum Gasteiger partial charge on any atom is -0.457 e. The summed E-state index contributed by atoms with van der Waals surface area (Å²) in [6, 6.07) is 15.2. The first-order valence-electron chi connectivity index (χ1n) is 8.48. The zero-order chi connectivity index (χ0) is 21.3. The molecule has 1 fully saturated rings. The van der Waals surface area contributed by atoms with Gasteiger partial charge in [-0.25, -0.2) is 4.99 Å². The Morgan fingerprint density at radius 3 is 2.80 bits per heavy atom. The number of nitro groups is 1. The quantitative estimate of drug-likeness (QED) is 0.261. The van der Waals surface area contributed by atoms with E-state index in [4.69, 9.17) is 16.0 Å². The molecule has 10 heteroatoms. The largest absolute Gasteiger partial charge is 0.457 e. The molecule has 3 aromatic rings. The van der Waals surface area contributed by atoms with Crippen LogP contribution in [0.4, 0.5) is 11.4 Å². The summed E-state index contributed by atoms with van der Waals surface area (Å²) in [7, 11) is 0. The molecule has 1 N–H and O–H groups in total. The number of hydrogen-bond acceptors (Lipinski definition) is 6. The van der Waals surface area contributed by atoms with E-state index in [0.717, 1.165) is 4.47 Å². The monoisotopic (exact) mass is 503 g/mol. The molecule has 7 nitrogen and oxygen atoms in total. The lowest BCUT2D eigenvalue weighted by molar-refractivity contribution is -0.384. The number of amidine groups is 1. The number of hydrogen-bond donors (Lipinski definition) is 1. The molecule has 1 aromatic heterocycles. The molecule has 1 amide bonds. The molecule has 0 bridgehead atoms. The van der Waals surface area contributed by atoms with Crippen molar-refractivity contribution in [3.63, 3.8) is 0 Å². The number of thioether (sulfide) groups is 1. The Hall–Kier alpha value is -2.88. The Bertz CT molecular complexity index is 1240. The van der Waals surface area contributed by atoms with Crippen LogP contribution in [0.1, 0.15) is 5.76 Å². The van der Waals surface area contributed by atoms with Crippen LogP contribution in [0.5, 0.6) is 0 Å². The van der Waals surface area contributed by atoms with Gasteiger partial charge in [0.1, 0.15) is 16.5 Å². The number of carbonyl (C=O) groups excluding carboxylic acids is 1. The number of amides is 1. The fourth-order valence-electron chi connectivity index (χ4n) is 2.66. The highest BCUT2D eigenvalue weighted by Crippen LogP contribution is 2.33. The van der Waals surface area contributed by atoms with Gasteiger partial charge in [-0.3, -0.25) is 14.9 Å². The molecule has 0 saturated carbocycles. The van der Waals surface area contributed by atoms with E-state index < -0.39 is 4.92 Å². The molecule has 0 atom stereocenters. The van der Waals surface area contributed by atoms with E-state index in [1.54, 1.807) is 24.3 Å². The van der Waals surface area contributed by atoms with Crippen molar-refractivity contribution in [2.45, 2.75) is 0 Å². The maximum atomic E-state index is 12.3. The van der Waals surface area contributed by atoms with Crippen molar-refractivity contribution in [3.8, 4) is 11.3 Å². The van der Waals surface area contributed by atoms with Crippen LogP contribution in [0.15, 0.2) is 73.4 Å². The van der Waals surface area contributed by atoms with Crippen molar-refractivity contribution in [3.05, 3.63) is 84.9 Å². The Morgan fingerprint density at radius 2 is 2.03 bits per heavy atom. The molecule has 150 valence electrons. The van der Waals surface area contributed by atoms with Crippen LogP contribution in [0, 0.1) is 10.1 Å². The van der Waals surface area contributed by atoms with Crippen molar-refractivity contribution in [1.82, 2.24) is 5.32 Å². The summed E-state index contributed by atoms with van der Waals surface area (Å²) in [5, 5.41) is 14.3. The highest BCUT2D eigenvalue weighted by Gasteiger charge is 2.24. The average molecular weight is 505 g/mol. The zero-order valence-corrected chi connectivity index (χ0v) is 18.1. The third-order valence-electron chi connectivity index (χ3n) is 4.02. The minimum absolute atomic E-state index is 0.0499. The maximum Gasteiger partial charge on any atom is 0.288 e. The summed E-state index contributed by atoms with van der Waals surface area (Å²) in [5.74, 6) is 0.575. The third kappa shape index (κ3) is 4.48. The number of nitrogens with zero attached hydrogens (tertiary/aromatic N) is 2. The highest BCUT2D eigenvalue weighted by molar-refractivity contribution is 9.10. The predicted octanol–water partition coefficient (Wildman–Crippen LogP) is 6.16. The molecular formula is C20H11BrClN3O4S. The van der Waals surface area contributed by atoms with Crippen molar-refractivity contribution < 1.29 is 14.1 Å². The number of halogens is 2. The summed E-state index contributed by atoms with van der Waals surface area (Å²) >= 11 is 10.4. The average Bonchev–Trinajstić information content (AvgIpc) is 3.29. The summed E-state index contributed by atoms with van der Waals surface area (Å²) in [6.45, 7) is 0. The molecule has 30 heavy (non-hydrogen) atoms. The Morgan fingerprint density at radius 1 is 1.20 bits per heavy atom. The van der Waals surface area contributed by atoms with Gasteiger partial charge in [-0.15, -0.1) is 0 Å². The van der Waals surface area contributed by atoms with Gasteiger partial charge in [0, 0.05) is 22.2 Å². The second-order valence-electron chi connectivity index (χ2n) is 6.09. The Kier molecular flexibility index (Phi) is 5.76. The van der Waals surface area contributed by atoms with Crippen LogP contribution < -0.4 is 5.32 Å².